The molecule has 2 unspecified atom stereocenters. The van der Waals surface area contributed by atoms with Crippen LogP contribution in [0.1, 0.15) is 64.1 Å². The molecule has 1 aromatic rings. The number of ether oxygens (including phenoxy) is 1. The van der Waals surface area contributed by atoms with Crippen LogP contribution >= 0.6 is 0 Å². The van der Waals surface area contributed by atoms with E-state index in [1.54, 1.807) is 0 Å². The Bertz CT molecular complexity index is 398. The van der Waals surface area contributed by atoms with Crippen LogP contribution in [0.2, 0.25) is 0 Å². The molecule has 1 heterocycles. The van der Waals surface area contributed by atoms with Gasteiger partial charge in [0, 0.05) is 25.8 Å². The molecule has 0 aromatic carbocycles. The van der Waals surface area contributed by atoms with Gasteiger partial charge in [0.25, 0.3) is 0 Å². The van der Waals surface area contributed by atoms with E-state index in [1.165, 1.54) is 31.4 Å². The van der Waals surface area contributed by atoms with Gasteiger partial charge in [-0.05, 0) is 31.9 Å². The molecule has 1 aliphatic rings. The van der Waals surface area contributed by atoms with Gasteiger partial charge >= 0.3 is 0 Å². The summed E-state index contributed by atoms with van der Waals surface area (Å²) in [5.41, 5.74) is 1.19. The monoisotopic (exact) mass is 293 g/mol. The van der Waals surface area contributed by atoms with Gasteiger partial charge in [0.05, 0.1) is 17.8 Å². The summed E-state index contributed by atoms with van der Waals surface area (Å²) in [4.78, 5) is 0. The molecule has 0 bridgehead atoms. The van der Waals surface area contributed by atoms with Gasteiger partial charge in [0.15, 0.2) is 0 Å². The molecule has 0 radical (unpaired) electrons. The van der Waals surface area contributed by atoms with Crippen molar-refractivity contribution in [2.75, 3.05) is 13.7 Å². The minimum Gasteiger partial charge on any atom is -0.380 e. The van der Waals surface area contributed by atoms with Crippen LogP contribution in [0.4, 0.5) is 0 Å². The number of likely N-dealkylation sites (N-methyl/N-ethyl adjacent to an activating group) is 1. The summed E-state index contributed by atoms with van der Waals surface area (Å²) in [6.07, 6.45) is 10.9. The highest BCUT2D eigenvalue weighted by molar-refractivity contribution is 5.04. The molecular formula is C17H31N3O. The van der Waals surface area contributed by atoms with Crippen molar-refractivity contribution in [2.24, 2.45) is 0 Å². The molecule has 4 nitrogen and oxygen atoms in total. The van der Waals surface area contributed by atoms with Crippen molar-refractivity contribution < 1.29 is 4.74 Å². The molecule has 0 saturated heterocycles. The predicted octanol–water partition coefficient (Wildman–Crippen LogP) is 3.33. The normalized spacial score (nSPS) is 19.0. The van der Waals surface area contributed by atoms with Crippen LogP contribution in [0.3, 0.4) is 0 Å². The Morgan fingerprint density at radius 1 is 1.38 bits per heavy atom. The third kappa shape index (κ3) is 4.55. The minimum absolute atomic E-state index is 0.270. The molecule has 21 heavy (non-hydrogen) atoms. The fourth-order valence-corrected chi connectivity index (χ4v) is 3.45. The Labute approximate surface area is 129 Å². The summed E-state index contributed by atoms with van der Waals surface area (Å²) in [7, 11) is 1.82. The highest BCUT2D eigenvalue weighted by Gasteiger charge is 2.22. The first-order valence-electron chi connectivity index (χ1n) is 8.58. The summed E-state index contributed by atoms with van der Waals surface area (Å²) in [6.45, 7) is 5.34. The van der Waals surface area contributed by atoms with Crippen LogP contribution in [0.25, 0.3) is 0 Å². The molecule has 1 fully saturated rings. The molecule has 4 heteroatoms. The number of hydrogen-bond donors (Lipinski definition) is 1. The summed E-state index contributed by atoms with van der Waals surface area (Å²) >= 11 is 0. The van der Waals surface area contributed by atoms with Gasteiger partial charge in [-0.2, -0.15) is 5.10 Å². The lowest BCUT2D eigenvalue weighted by molar-refractivity contribution is 0.0610. The molecule has 0 aliphatic heterocycles. The first kappa shape index (κ1) is 16.5. The Morgan fingerprint density at radius 2 is 2.14 bits per heavy atom. The van der Waals surface area contributed by atoms with Gasteiger partial charge in [-0.3, -0.25) is 4.68 Å². The fraction of sp³-hybridized carbons (Fsp3) is 0.824. The topological polar surface area (TPSA) is 39.1 Å². The third-order valence-electron chi connectivity index (χ3n) is 4.58. The van der Waals surface area contributed by atoms with E-state index in [4.69, 9.17) is 9.84 Å². The number of nitrogens with one attached hydrogen (secondary N) is 1. The van der Waals surface area contributed by atoms with E-state index in [1.807, 2.05) is 7.11 Å². The van der Waals surface area contributed by atoms with Crippen molar-refractivity contribution in [1.82, 2.24) is 15.1 Å². The quantitative estimate of drug-likeness (QED) is 0.759. The van der Waals surface area contributed by atoms with Gasteiger partial charge in [0.2, 0.25) is 0 Å². The fourth-order valence-electron chi connectivity index (χ4n) is 3.45. The van der Waals surface area contributed by atoms with Gasteiger partial charge < -0.3 is 10.1 Å². The number of nitrogens with zero attached hydrogens (tertiary/aromatic N) is 2. The van der Waals surface area contributed by atoms with Crippen molar-refractivity contribution in [3.63, 3.8) is 0 Å². The lowest BCUT2D eigenvalue weighted by Gasteiger charge is -2.26. The summed E-state index contributed by atoms with van der Waals surface area (Å²) in [5.74, 6) is 0. The molecule has 0 amide bonds. The molecule has 2 rings (SSSR count). The van der Waals surface area contributed by atoms with Crippen molar-refractivity contribution >= 4 is 0 Å². The number of methoxy groups -OCH3 is 1. The third-order valence-corrected chi connectivity index (χ3v) is 4.58. The maximum Gasteiger partial charge on any atom is 0.0728 e. The van der Waals surface area contributed by atoms with Crippen LogP contribution < -0.4 is 5.32 Å². The predicted molar refractivity (Wildman–Crippen MR) is 86.6 cm³/mol. The zero-order chi connectivity index (χ0) is 15.1. The zero-order valence-corrected chi connectivity index (χ0v) is 13.8. The second-order valence-corrected chi connectivity index (χ2v) is 6.16. The molecule has 1 aromatic heterocycles. The molecule has 1 saturated carbocycles. The van der Waals surface area contributed by atoms with E-state index in [-0.39, 0.29) is 6.10 Å². The van der Waals surface area contributed by atoms with Crippen molar-refractivity contribution in [1.29, 1.82) is 0 Å². The summed E-state index contributed by atoms with van der Waals surface area (Å²) < 4.78 is 7.87. The molecule has 120 valence electrons. The molecule has 2 atom stereocenters. The Morgan fingerprint density at radius 3 is 2.76 bits per heavy atom. The van der Waals surface area contributed by atoms with E-state index in [9.17, 15) is 0 Å². The first-order chi connectivity index (χ1) is 10.3. The van der Waals surface area contributed by atoms with E-state index in [0.717, 1.165) is 25.8 Å². The maximum absolute atomic E-state index is 5.69. The number of hydrogen-bond acceptors (Lipinski definition) is 3. The van der Waals surface area contributed by atoms with Crippen LogP contribution in [0.5, 0.6) is 0 Å². The Kier molecular flexibility index (Phi) is 6.71. The average Bonchev–Trinajstić information content (AvgIpc) is 3.15. The largest absolute Gasteiger partial charge is 0.380 e. The summed E-state index contributed by atoms with van der Waals surface area (Å²) in [6, 6.07) is 3.17. The Balaban J connectivity index is 1.98. The Hall–Kier alpha value is -0.870. The van der Waals surface area contributed by atoms with Gasteiger partial charge in [-0.15, -0.1) is 0 Å². The lowest BCUT2D eigenvalue weighted by Crippen LogP contribution is -2.42. The van der Waals surface area contributed by atoms with E-state index >= 15 is 0 Å². The maximum atomic E-state index is 5.69. The van der Waals surface area contributed by atoms with Crippen LogP contribution in [0.15, 0.2) is 12.3 Å². The van der Waals surface area contributed by atoms with E-state index in [0.29, 0.717) is 12.1 Å². The molecular weight excluding hydrogens is 262 g/mol. The van der Waals surface area contributed by atoms with Gasteiger partial charge in [-0.1, -0.05) is 33.1 Å². The SMILES string of the molecule is CCCC(OC)C(Cc1ccn(C2CCCC2)n1)NCC. The van der Waals surface area contributed by atoms with Crippen molar-refractivity contribution in [3.8, 4) is 0 Å². The number of aromatic nitrogens is 2. The second kappa shape index (κ2) is 8.54. The highest BCUT2D eigenvalue weighted by atomic mass is 16.5. The zero-order valence-electron chi connectivity index (χ0n) is 13.8. The van der Waals surface area contributed by atoms with Crippen LogP contribution in [-0.2, 0) is 11.2 Å². The van der Waals surface area contributed by atoms with E-state index in [2.05, 4.69) is 36.1 Å². The smallest absolute Gasteiger partial charge is 0.0728 e. The molecule has 0 spiro atoms. The lowest BCUT2D eigenvalue weighted by atomic mass is 10.0. The standard InChI is InChI=1S/C17H31N3O/c1-4-8-17(21-3)16(18-5-2)13-14-11-12-20(19-14)15-9-6-7-10-15/h11-12,15-18H,4-10,13H2,1-3H3. The second-order valence-electron chi connectivity index (χ2n) is 6.16. The molecule has 1 N–H and O–H groups in total. The van der Waals surface area contributed by atoms with Crippen molar-refractivity contribution in [2.45, 2.75) is 77.0 Å². The molecule has 1 aliphatic carbocycles. The summed E-state index contributed by atoms with van der Waals surface area (Å²) in [5, 5.41) is 8.38. The van der Waals surface area contributed by atoms with Crippen molar-refractivity contribution in [3.05, 3.63) is 18.0 Å². The van der Waals surface area contributed by atoms with E-state index < -0.39 is 0 Å². The highest BCUT2D eigenvalue weighted by Crippen LogP contribution is 2.28. The minimum atomic E-state index is 0.270. The first-order valence-corrected chi connectivity index (χ1v) is 8.58. The van der Waals surface area contributed by atoms with Gasteiger partial charge in [0.1, 0.15) is 0 Å². The van der Waals surface area contributed by atoms with Crippen LogP contribution in [0, 0.1) is 0 Å². The number of rotatable bonds is 9. The average molecular weight is 293 g/mol. The van der Waals surface area contributed by atoms with Crippen LogP contribution in [-0.4, -0.2) is 35.6 Å². The van der Waals surface area contributed by atoms with Gasteiger partial charge in [-0.25, -0.2) is 0 Å².